The van der Waals surface area contributed by atoms with Gasteiger partial charge < -0.3 is 5.73 Å². The molecule has 0 radical (unpaired) electrons. The van der Waals surface area contributed by atoms with Crippen LogP contribution in [-0.4, -0.2) is 23.9 Å². The molecule has 0 saturated carbocycles. The number of hydrogen-bond donors (Lipinski definition) is 1. The molecule has 1 aromatic carbocycles. The van der Waals surface area contributed by atoms with Crippen molar-refractivity contribution in [3.05, 3.63) is 34.9 Å². The van der Waals surface area contributed by atoms with E-state index in [4.69, 9.17) is 5.73 Å². The third-order valence-corrected chi connectivity index (χ3v) is 4.95. The number of amides is 1. The summed E-state index contributed by atoms with van der Waals surface area (Å²) in [5.74, 6) is 0.167. The van der Waals surface area contributed by atoms with Crippen LogP contribution in [0.5, 0.6) is 0 Å². The van der Waals surface area contributed by atoms with Gasteiger partial charge in [0.25, 0.3) is 0 Å². The van der Waals surface area contributed by atoms with E-state index >= 15 is 0 Å². The number of nitrogens with zero attached hydrogens (tertiary/aromatic N) is 1. The lowest BCUT2D eigenvalue weighted by Crippen LogP contribution is -2.29. The van der Waals surface area contributed by atoms with Crippen molar-refractivity contribution >= 4 is 5.91 Å². The van der Waals surface area contributed by atoms with Crippen LogP contribution in [0, 0.1) is 0 Å². The molecule has 1 aliphatic carbocycles. The van der Waals surface area contributed by atoms with Gasteiger partial charge in [-0.25, -0.2) is 0 Å². The SMILES string of the molecule is NC(=O)CC1CCCc2cc(CN3CCCCC3)ccc21. The lowest BCUT2D eigenvalue weighted by molar-refractivity contribution is -0.118. The Morgan fingerprint density at radius 3 is 2.76 bits per heavy atom. The number of benzene rings is 1. The summed E-state index contributed by atoms with van der Waals surface area (Å²) in [6.07, 6.45) is 7.99. The molecule has 1 saturated heterocycles. The van der Waals surface area contributed by atoms with E-state index in [2.05, 4.69) is 23.1 Å². The molecule has 2 N–H and O–H groups in total. The van der Waals surface area contributed by atoms with E-state index < -0.39 is 0 Å². The van der Waals surface area contributed by atoms with Crippen LogP contribution >= 0.6 is 0 Å². The van der Waals surface area contributed by atoms with Crippen LogP contribution in [0.25, 0.3) is 0 Å². The molecule has 1 aliphatic heterocycles. The van der Waals surface area contributed by atoms with Gasteiger partial charge in [0.2, 0.25) is 5.91 Å². The number of fused-ring (bicyclic) bond motifs is 1. The molecule has 21 heavy (non-hydrogen) atoms. The Kier molecular flexibility index (Phi) is 4.59. The van der Waals surface area contributed by atoms with Crippen LogP contribution in [0.3, 0.4) is 0 Å². The first-order valence-corrected chi connectivity index (χ1v) is 8.35. The highest BCUT2D eigenvalue weighted by Crippen LogP contribution is 2.34. The third kappa shape index (κ3) is 3.65. The summed E-state index contributed by atoms with van der Waals surface area (Å²) in [4.78, 5) is 13.8. The summed E-state index contributed by atoms with van der Waals surface area (Å²) in [5, 5.41) is 0. The summed E-state index contributed by atoms with van der Waals surface area (Å²) in [6, 6.07) is 6.88. The maximum absolute atomic E-state index is 11.2. The highest BCUT2D eigenvalue weighted by atomic mass is 16.1. The molecule has 2 aliphatic rings. The van der Waals surface area contributed by atoms with Gasteiger partial charge in [-0.05, 0) is 67.8 Å². The molecule has 1 amide bonds. The van der Waals surface area contributed by atoms with Crippen LogP contribution in [0.1, 0.15) is 61.1 Å². The van der Waals surface area contributed by atoms with Crippen molar-refractivity contribution in [2.75, 3.05) is 13.1 Å². The van der Waals surface area contributed by atoms with E-state index in [1.54, 1.807) is 0 Å². The quantitative estimate of drug-likeness (QED) is 0.925. The van der Waals surface area contributed by atoms with Crippen molar-refractivity contribution in [3.8, 4) is 0 Å². The summed E-state index contributed by atoms with van der Waals surface area (Å²) < 4.78 is 0. The summed E-state index contributed by atoms with van der Waals surface area (Å²) >= 11 is 0. The molecule has 3 heteroatoms. The fourth-order valence-corrected chi connectivity index (χ4v) is 3.90. The Labute approximate surface area is 127 Å². The van der Waals surface area contributed by atoms with Gasteiger partial charge in [0.05, 0.1) is 0 Å². The van der Waals surface area contributed by atoms with E-state index in [0.29, 0.717) is 12.3 Å². The number of primary amides is 1. The molecular weight excluding hydrogens is 260 g/mol. The van der Waals surface area contributed by atoms with Crippen molar-refractivity contribution in [1.29, 1.82) is 0 Å². The van der Waals surface area contributed by atoms with Gasteiger partial charge in [0, 0.05) is 13.0 Å². The molecule has 0 aromatic heterocycles. The average molecular weight is 286 g/mol. The third-order valence-electron chi connectivity index (χ3n) is 4.95. The molecule has 3 rings (SSSR count). The normalized spacial score (nSPS) is 22.8. The molecule has 1 fully saturated rings. The van der Waals surface area contributed by atoms with E-state index in [-0.39, 0.29) is 5.91 Å². The zero-order valence-corrected chi connectivity index (χ0v) is 12.8. The zero-order valence-electron chi connectivity index (χ0n) is 12.8. The lowest BCUT2D eigenvalue weighted by atomic mass is 9.80. The molecule has 1 unspecified atom stereocenters. The maximum Gasteiger partial charge on any atom is 0.218 e. The second-order valence-electron chi connectivity index (χ2n) is 6.63. The van der Waals surface area contributed by atoms with Crippen molar-refractivity contribution in [2.45, 2.75) is 57.4 Å². The minimum atomic E-state index is -0.176. The Morgan fingerprint density at radius 2 is 2.00 bits per heavy atom. The minimum absolute atomic E-state index is 0.176. The van der Waals surface area contributed by atoms with Gasteiger partial charge in [-0.3, -0.25) is 9.69 Å². The van der Waals surface area contributed by atoms with E-state index in [1.165, 1.54) is 55.5 Å². The number of hydrogen-bond acceptors (Lipinski definition) is 2. The first kappa shape index (κ1) is 14.6. The largest absolute Gasteiger partial charge is 0.370 e. The molecule has 0 spiro atoms. The first-order valence-electron chi connectivity index (χ1n) is 8.35. The smallest absolute Gasteiger partial charge is 0.218 e. The highest BCUT2D eigenvalue weighted by molar-refractivity contribution is 5.75. The van der Waals surface area contributed by atoms with Gasteiger partial charge in [-0.1, -0.05) is 24.6 Å². The number of nitrogens with two attached hydrogens (primary N) is 1. The fraction of sp³-hybridized carbons (Fsp3) is 0.611. The van der Waals surface area contributed by atoms with Crippen LogP contribution in [0.4, 0.5) is 0 Å². The van der Waals surface area contributed by atoms with Crippen LogP contribution in [0.15, 0.2) is 18.2 Å². The topological polar surface area (TPSA) is 46.3 Å². The van der Waals surface area contributed by atoms with Crippen LogP contribution in [-0.2, 0) is 17.8 Å². The first-order chi connectivity index (χ1) is 10.2. The fourth-order valence-electron chi connectivity index (χ4n) is 3.90. The minimum Gasteiger partial charge on any atom is -0.370 e. The number of rotatable bonds is 4. The van der Waals surface area contributed by atoms with Crippen molar-refractivity contribution in [3.63, 3.8) is 0 Å². The summed E-state index contributed by atoms with van der Waals surface area (Å²) in [7, 11) is 0. The molecular formula is C18H26N2O. The Morgan fingerprint density at radius 1 is 1.19 bits per heavy atom. The highest BCUT2D eigenvalue weighted by Gasteiger charge is 2.22. The van der Waals surface area contributed by atoms with Crippen molar-refractivity contribution in [1.82, 2.24) is 4.90 Å². The predicted octanol–water partition coefficient (Wildman–Crippen LogP) is 2.97. The maximum atomic E-state index is 11.2. The van der Waals surface area contributed by atoms with E-state index in [1.807, 2.05) is 0 Å². The lowest BCUT2D eigenvalue weighted by Gasteiger charge is -2.28. The molecule has 1 aromatic rings. The Bertz CT molecular complexity index is 506. The van der Waals surface area contributed by atoms with Gasteiger partial charge in [-0.15, -0.1) is 0 Å². The van der Waals surface area contributed by atoms with Crippen LogP contribution < -0.4 is 5.73 Å². The predicted molar refractivity (Wildman–Crippen MR) is 85.1 cm³/mol. The van der Waals surface area contributed by atoms with Gasteiger partial charge in [-0.2, -0.15) is 0 Å². The van der Waals surface area contributed by atoms with Crippen LogP contribution in [0.2, 0.25) is 0 Å². The Balaban J connectivity index is 1.72. The summed E-state index contributed by atoms with van der Waals surface area (Å²) in [6.45, 7) is 3.55. The average Bonchev–Trinajstić information content (AvgIpc) is 2.48. The Hall–Kier alpha value is -1.35. The number of aryl methyl sites for hydroxylation is 1. The van der Waals surface area contributed by atoms with Gasteiger partial charge >= 0.3 is 0 Å². The number of likely N-dealkylation sites (tertiary alicyclic amines) is 1. The molecule has 0 bridgehead atoms. The van der Waals surface area contributed by atoms with Gasteiger partial charge in [0.15, 0.2) is 0 Å². The zero-order chi connectivity index (χ0) is 14.7. The van der Waals surface area contributed by atoms with Gasteiger partial charge in [0.1, 0.15) is 0 Å². The standard InChI is InChI=1S/C18H26N2O/c19-18(21)12-16-6-4-5-15-11-14(7-8-17(15)16)13-20-9-2-1-3-10-20/h7-8,11,16H,1-6,9-10,12-13H2,(H2,19,21). The molecule has 1 heterocycles. The van der Waals surface area contributed by atoms with E-state index in [0.717, 1.165) is 19.4 Å². The van der Waals surface area contributed by atoms with E-state index in [9.17, 15) is 4.79 Å². The second kappa shape index (κ2) is 6.61. The van der Waals surface area contributed by atoms with Crippen molar-refractivity contribution < 1.29 is 4.79 Å². The molecule has 3 nitrogen and oxygen atoms in total. The molecule has 1 atom stereocenters. The number of carbonyl (C=O) groups is 1. The number of piperidine rings is 1. The second-order valence-corrected chi connectivity index (χ2v) is 6.63. The summed E-state index contributed by atoms with van der Waals surface area (Å²) in [5.41, 5.74) is 9.62. The van der Waals surface area contributed by atoms with Crippen molar-refractivity contribution in [2.24, 2.45) is 5.73 Å². The molecule has 114 valence electrons. The number of carbonyl (C=O) groups excluding carboxylic acids is 1. The monoisotopic (exact) mass is 286 g/mol.